The second-order valence-corrected chi connectivity index (χ2v) is 3.73. The molecule has 2 heterocycles. The number of nitrogens with one attached hydrogen (secondary N) is 2. The summed E-state index contributed by atoms with van der Waals surface area (Å²) in [5.74, 6) is 0.459. The van der Waals surface area contributed by atoms with Crippen LogP contribution in [0.2, 0.25) is 5.28 Å². The molecule has 1 amide bonds. The van der Waals surface area contributed by atoms with Crippen LogP contribution in [0.15, 0.2) is 12.3 Å². The third kappa shape index (κ3) is 2.64. The van der Waals surface area contributed by atoms with Crippen molar-refractivity contribution in [3.8, 4) is 0 Å². The maximum atomic E-state index is 11.7. The zero-order valence-corrected chi connectivity index (χ0v) is 8.79. The van der Waals surface area contributed by atoms with Crippen LogP contribution in [0.3, 0.4) is 0 Å². The Kier molecular flexibility index (Phi) is 3.13. The Morgan fingerprint density at radius 1 is 1.67 bits per heavy atom. The Morgan fingerprint density at radius 3 is 3.20 bits per heavy atom. The van der Waals surface area contributed by atoms with E-state index in [1.165, 1.54) is 6.20 Å². The van der Waals surface area contributed by atoms with Crippen molar-refractivity contribution < 1.29 is 4.79 Å². The quantitative estimate of drug-likeness (QED) is 0.728. The second-order valence-electron chi connectivity index (χ2n) is 3.39. The lowest BCUT2D eigenvalue weighted by atomic mass is 10.1. The van der Waals surface area contributed by atoms with Crippen LogP contribution in [0.1, 0.15) is 6.42 Å². The fourth-order valence-corrected chi connectivity index (χ4v) is 1.66. The molecule has 0 spiro atoms. The van der Waals surface area contributed by atoms with Gasteiger partial charge in [0.2, 0.25) is 11.2 Å². The molecule has 1 atom stereocenters. The van der Waals surface area contributed by atoms with Gasteiger partial charge >= 0.3 is 0 Å². The van der Waals surface area contributed by atoms with Gasteiger partial charge < -0.3 is 10.6 Å². The summed E-state index contributed by atoms with van der Waals surface area (Å²) in [7, 11) is 0. The smallest absolute Gasteiger partial charge is 0.229 e. The molecule has 0 radical (unpaired) electrons. The molecule has 0 aliphatic carbocycles. The molecule has 1 aliphatic rings. The van der Waals surface area contributed by atoms with Crippen LogP contribution < -0.4 is 10.6 Å². The second kappa shape index (κ2) is 4.55. The molecular formula is C9H11ClN4O. The van der Waals surface area contributed by atoms with Crippen molar-refractivity contribution in [3.05, 3.63) is 17.5 Å². The molecule has 1 aliphatic heterocycles. The van der Waals surface area contributed by atoms with Crippen molar-refractivity contribution in [1.29, 1.82) is 0 Å². The summed E-state index contributed by atoms with van der Waals surface area (Å²) < 4.78 is 0. The summed E-state index contributed by atoms with van der Waals surface area (Å²) in [6.45, 7) is 1.62. The van der Waals surface area contributed by atoms with Crippen molar-refractivity contribution in [1.82, 2.24) is 15.3 Å². The molecule has 80 valence electrons. The molecule has 1 unspecified atom stereocenters. The number of rotatable bonds is 2. The molecule has 1 aromatic heterocycles. The number of hydrogen-bond donors (Lipinski definition) is 2. The highest BCUT2D eigenvalue weighted by Crippen LogP contribution is 2.12. The van der Waals surface area contributed by atoms with Gasteiger partial charge in [-0.15, -0.1) is 0 Å². The number of anilines is 1. The van der Waals surface area contributed by atoms with Crippen molar-refractivity contribution in [3.63, 3.8) is 0 Å². The Labute approximate surface area is 92.3 Å². The van der Waals surface area contributed by atoms with Crippen molar-refractivity contribution in [2.45, 2.75) is 6.42 Å². The highest BCUT2D eigenvalue weighted by molar-refractivity contribution is 6.28. The largest absolute Gasteiger partial charge is 0.316 e. The number of aromatic nitrogens is 2. The van der Waals surface area contributed by atoms with Gasteiger partial charge in [0.25, 0.3) is 0 Å². The highest BCUT2D eigenvalue weighted by atomic mass is 35.5. The first-order chi connectivity index (χ1) is 7.25. The van der Waals surface area contributed by atoms with E-state index in [1.807, 2.05) is 0 Å². The summed E-state index contributed by atoms with van der Waals surface area (Å²) in [5.41, 5.74) is 0. The lowest BCUT2D eigenvalue weighted by Gasteiger charge is -2.08. The highest BCUT2D eigenvalue weighted by Gasteiger charge is 2.22. The van der Waals surface area contributed by atoms with Gasteiger partial charge in [0.1, 0.15) is 5.82 Å². The van der Waals surface area contributed by atoms with Crippen LogP contribution in [-0.2, 0) is 4.79 Å². The number of hydrogen-bond acceptors (Lipinski definition) is 4. The minimum absolute atomic E-state index is 0.0187. The molecule has 0 bridgehead atoms. The van der Waals surface area contributed by atoms with E-state index in [0.717, 1.165) is 19.5 Å². The number of nitrogens with zero attached hydrogens (tertiary/aromatic N) is 2. The zero-order valence-electron chi connectivity index (χ0n) is 8.03. The summed E-state index contributed by atoms with van der Waals surface area (Å²) in [5, 5.41) is 5.98. The first-order valence-electron chi connectivity index (χ1n) is 4.76. The first-order valence-corrected chi connectivity index (χ1v) is 5.13. The minimum atomic E-state index is -0.0187. The van der Waals surface area contributed by atoms with Gasteiger partial charge in [-0.1, -0.05) is 0 Å². The fourth-order valence-electron chi connectivity index (χ4n) is 1.51. The van der Waals surface area contributed by atoms with Crippen molar-refractivity contribution in [2.75, 3.05) is 18.4 Å². The van der Waals surface area contributed by atoms with Crippen LogP contribution in [0.25, 0.3) is 0 Å². The topological polar surface area (TPSA) is 66.9 Å². The normalized spacial score (nSPS) is 20.2. The van der Waals surface area contributed by atoms with Crippen LogP contribution in [-0.4, -0.2) is 29.0 Å². The SMILES string of the molecule is O=C(Nc1ccnc(Cl)n1)C1CCNC1. The van der Waals surface area contributed by atoms with Gasteiger partial charge in [-0.25, -0.2) is 9.97 Å². The van der Waals surface area contributed by atoms with Gasteiger partial charge in [-0.2, -0.15) is 0 Å². The Morgan fingerprint density at radius 2 is 2.53 bits per heavy atom. The van der Waals surface area contributed by atoms with Crippen LogP contribution in [0, 0.1) is 5.92 Å². The fraction of sp³-hybridized carbons (Fsp3) is 0.444. The van der Waals surface area contributed by atoms with Crippen molar-refractivity contribution >= 4 is 23.3 Å². The molecule has 1 fully saturated rings. The van der Waals surface area contributed by atoms with Crippen LogP contribution in [0.4, 0.5) is 5.82 Å². The predicted molar refractivity (Wildman–Crippen MR) is 56.6 cm³/mol. The number of carbonyl (C=O) groups excluding carboxylic acids is 1. The van der Waals surface area contributed by atoms with E-state index in [9.17, 15) is 4.79 Å². The molecule has 0 saturated carbocycles. The van der Waals surface area contributed by atoms with E-state index in [4.69, 9.17) is 11.6 Å². The Hall–Kier alpha value is -1.20. The van der Waals surface area contributed by atoms with Gasteiger partial charge in [-0.05, 0) is 30.6 Å². The maximum absolute atomic E-state index is 11.7. The molecular weight excluding hydrogens is 216 g/mol. The standard InChI is InChI=1S/C9H11ClN4O/c10-9-12-4-2-7(14-9)13-8(15)6-1-3-11-5-6/h2,4,6,11H,1,3,5H2,(H,12,13,14,15). The van der Waals surface area contributed by atoms with Crippen LogP contribution in [0.5, 0.6) is 0 Å². The van der Waals surface area contributed by atoms with Gasteiger partial charge in [0, 0.05) is 12.7 Å². The lowest BCUT2D eigenvalue weighted by Crippen LogP contribution is -2.25. The van der Waals surface area contributed by atoms with E-state index in [1.54, 1.807) is 6.07 Å². The van der Waals surface area contributed by atoms with E-state index >= 15 is 0 Å². The average Bonchev–Trinajstić information content (AvgIpc) is 2.70. The van der Waals surface area contributed by atoms with Crippen LogP contribution >= 0.6 is 11.6 Å². The van der Waals surface area contributed by atoms with E-state index in [-0.39, 0.29) is 17.1 Å². The maximum Gasteiger partial charge on any atom is 0.229 e. The number of carbonyl (C=O) groups is 1. The molecule has 6 heteroatoms. The van der Waals surface area contributed by atoms with Gasteiger partial charge in [0.05, 0.1) is 5.92 Å². The molecule has 15 heavy (non-hydrogen) atoms. The van der Waals surface area contributed by atoms with Gasteiger partial charge in [0.15, 0.2) is 0 Å². The molecule has 1 saturated heterocycles. The molecule has 2 N–H and O–H groups in total. The zero-order chi connectivity index (χ0) is 10.7. The van der Waals surface area contributed by atoms with Crippen molar-refractivity contribution in [2.24, 2.45) is 5.92 Å². The third-order valence-corrected chi connectivity index (χ3v) is 2.49. The summed E-state index contributed by atoms with van der Waals surface area (Å²) in [6, 6.07) is 1.62. The van der Waals surface area contributed by atoms with Gasteiger partial charge in [-0.3, -0.25) is 4.79 Å². The third-order valence-electron chi connectivity index (χ3n) is 2.31. The molecule has 2 rings (SSSR count). The minimum Gasteiger partial charge on any atom is -0.316 e. The van der Waals surface area contributed by atoms with E-state index < -0.39 is 0 Å². The van der Waals surface area contributed by atoms with E-state index in [2.05, 4.69) is 20.6 Å². The number of amides is 1. The monoisotopic (exact) mass is 226 g/mol. The number of halogens is 1. The average molecular weight is 227 g/mol. The summed E-state index contributed by atoms with van der Waals surface area (Å²) >= 11 is 5.60. The van der Waals surface area contributed by atoms with E-state index in [0.29, 0.717) is 5.82 Å². The lowest BCUT2D eigenvalue weighted by molar-refractivity contribution is -0.119. The Balaban J connectivity index is 1.99. The summed E-state index contributed by atoms with van der Waals surface area (Å²) in [6.07, 6.45) is 2.38. The summed E-state index contributed by atoms with van der Waals surface area (Å²) in [4.78, 5) is 19.3. The predicted octanol–water partition coefficient (Wildman–Crippen LogP) is 0.678. The first kappa shape index (κ1) is 10.3. The molecule has 0 aromatic carbocycles. The molecule has 5 nitrogen and oxygen atoms in total. The molecule has 1 aromatic rings. The Bertz CT molecular complexity index is 365.